The molecule has 1 N–H and O–H groups in total. The minimum Gasteiger partial charge on any atom is -0.491 e. The van der Waals surface area contributed by atoms with Gasteiger partial charge in [0.25, 0.3) is 5.91 Å². The van der Waals surface area contributed by atoms with Gasteiger partial charge in [-0.1, -0.05) is 15.9 Å². The highest BCUT2D eigenvalue weighted by molar-refractivity contribution is 9.10. The van der Waals surface area contributed by atoms with Crippen LogP contribution in [0.1, 0.15) is 36.4 Å². The highest BCUT2D eigenvalue weighted by Crippen LogP contribution is 2.39. The number of likely N-dealkylation sites (tertiary alicyclic amines) is 1. The third kappa shape index (κ3) is 3.54. The largest absolute Gasteiger partial charge is 0.491 e. The molecular formula is C17H21BrN2O2S. The molecular weight excluding hydrogens is 376 g/mol. The molecule has 23 heavy (non-hydrogen) atoms. The average molecular weight is 397 g/mol. The fourth-order valence-electron chi connectivity index (χ4n) is 2.96. The van der Waals surface area contributed by atoms with Gasteiger partial charge in [-0.2, -0.15) is 0 Å². The van der Waals surface area contributed by atoms with Gasteiger partial charge in [-0.15, -0.1) is 11.3 Å². The Bertz CT molecular complexity index is 710. The molecule has 0 bridgehead atoms. The maximum absolute atomic E-state index is 12.7. The number of fused-ring (bicyclic) bond motifs is 1. The van der Waals surface area contributed by atoms with E-state index in [1.807, 2.05) is 32.0 Å². The van der Waals surface area contributed by atoms with E-state index in [-0.39, 0.29) is 12.1 Å². The van der Waals surface area contributed by atoms with Crippen molar-refractivity contribution in [2.75, 3.05) is 19.7 Å². The molecule has 1 fully saturated rings. The average Bonchev–Trinajstić information content (AvgIpc) is 3.16. The van der Waals surface area contributed by atoms with Crippen molar-refractivity contribution < 1.29 is 9.53 Å². The monoisotopic (exact) mass is 396 g/mol. The van der Waals surface area contributed by atoms with E-state index in [1.165, 1.54) is 24.2 Å². The van der Waals surface area contributed by atoms with Gasteiger partial charge in [0.05, 0.1) is 12.8 Å². The van der Waals surface area contributed by atoms with Gasteiger partial charge in [0, 0.05) is 27.6 Å². The van der Waals surface area contributed by atoms with E-state index < -0.39 is 0 Å². The lowest BCUT2D eigenvalue weighted by molar-refractivity contribution is 0.0886. The summed E-state index contributed by atoms with van der Waals surface area (Å²) in [6, 6.07) is 6.02. The first-order chi connectivity index (χ1) is 11.1. The van der Waals surface area contributed by atoms with Crippen LogP contribution in [0.25, 0.3) is 10.1 Å². The fraction of sp³-hybridized carbons (Fsp3) is 0.471. The van der Waals surface area contributed by atoms with Gasteiger partial charge in [0.2, 0.25) is 0 Å². The Kier molecular flexibility index (Phi) is 5.24. The van der Waals surface area contributed by atoms with Crippen molar-refractivity contribution in [1.29, 1.82) is 0 Å². The second-order valence-electron chi connectivity index (χ2n) is 5.73. The van der Waals surface area contributed by atoms with E-state index in [0.717, 1.165) is 27.6 Å². The molecule has 124 valence electrons. The lowest BCUT2D eigenvalue weighted by atomic mass is 10.2. The van der Waals surface area contributed by atoms with Gasteiger partial charge >= 0.3 is 0 Å². The van der Waals surface area contributed by atoms with Gasteiger partial charge < -0.3 is 10.1 Å². The van der Waals surface area contributed by atoms with E-state index in [0.29, 0.717) is 17.2 Å². The third-order valence-electron chi connectivity index (χ3n) is 4.13. The molecule has 2 heterocycles. The highest BCUT2D eigenvalue weighted by Gasteiger charge is 2.24. The molecule has 6 heteroatoms. The molecule has 0 saturated carbocycles. The summed E-state index contributed by atoms with van der Waals surface area (Å²) in [5.74, 6) is 0.644. The second kappa shape index (κ2) is 7.20. The number of rotatable bonds is 5. The van der Waals surface area contributed by atoms with E-state index in [2.05, 4.69) is 26.1 Å². The predicted molar refractivity (Wildman–Crippen MR) is 98.4 cm³/mol. The summed E-state index contributed by atoms with van der Waals surface area (Å²) < 4.78 is 7.84. The number of ether oxygens (including phenoxy) is 1. The molecule has 0 spiro atoms. The molecule has 1 unspecified atom stereocenters. The van der Waals surface area contributed by atoms with Crippen LogP contribution in [0.15, 0.2) is 22.7 Å². The zero-order valence-corrected chi connectivity index (χ0v) is 15.8. The first kappa shape index (κ1) is 16.7. The van der Waals surface area contributed by atoms with Gasteiger partial charge in [-0.3, -0.25) is 9.69 Å². The summed E-state index contributed by atoms with van der Waals surface area (Å²) >= 11 is 4.98. The van der Waals surface area contributed by atoms with Crippen LogP contribution in [0.2, 0.25) is 0 Å². The molecule has 1 amide bonds. The van der Waals surface area contributed by atoms with Crippen LogP contribution in [-0.4, -0.2) is 36.7 Å². The van der Waals surface area contributed by atoms with E-state index in [9.17, 15) is 4.79 Å². The van der Waals surface area contributed by atoms with Gasteiger partial charge in [0.15, 0.2) is 5.75 Å². The van der Waals surface area contributed by atoms with Gasteiger partial charge in [-0.25, -0.2) is 0 Å². The van der Waals surface area contributed by atoms with Crippen molar-refractivity contribution in [3.63, 3.8) is 0 Å². The molecule has 1 saturated heterocycles. The lowest BCUT2D eigenvalue weighted by Gasteiger charge is -2.24. The third-order valence-corrected chi connectivity index (χ3v) is 5.77. The van der Waals surface area contributed by atoms with Crippen LogP contribution in [0.3, 0.4) is 0 Å². The van der Waals surface area contributed by atoms with Crippen LogP contribution in [0.4, 0.5) is 0 Å². The number of carbonyl (C=O) groups excluding carboxylic acids is 1. The van der Waals surface area contributed by atoms with E-state index in [1.54, 1.807) is 0 Å². The number of thiophene rings is 1. The second-order valence-corrected chi connectivity index (χ2v) is 7.69. The standard InChI is InChI=1S/C17H21BrN2O2S/c1-3-22-15-13-10-12(18)6-7-14(13)23-16(15)17(21)19-11(2)20-8-4-5-9-20/h6-7,10-11H,3-5,8-9H2,1-2H3,(H,19,21). The Morgan fingerprint density at radius 2 is 2.17 bits per heavy atom. The SMILES string of the molecule is CCOc1c(C(=O)NC(C)N2CCCC2)sc2ccc(Br)cc12. The van der Waals surface area contributed by atoms with Crippen molar-refractivity contribution in [3.05, 3.63) is 27.5 Å². The maximum atomic E-state index is 12.7. The van der Waals surface area contributed by atoms with E-state index in [4.69, 9.17) is 4.74 Å². The Balaban J connectivity index is 1.88. The number of halogens is 1. The maximum Gasteiger partial charge on any atom is 0.266 e. The molecule has 1 atom stereocenters. The number of carbonyl (C=O) groups is 1. The van der Waals surface area contributed by atoms with Crippen molar-refractivity contribution in [2.45, 2.75) is 32.9 Å². The van der Waals surface area contributed by atoms with Gasteiger partial charge in [-0.05, 0) is 44.9 Å². The Morgan fingerprint density at radius 1 is 1.43 bits per heavy atom. The molecule has 1 aliphatic rings. The smallest absolute Gasteiger partial charge is 0.266 e. The molecule has 0 aliphatic carbocycles. The molecule has 1 aromatic carbocycles. The summed E-state index contributed by atoms with van der Waals surface area (Å²) in [5.41, 5.74) is 0. The zero-order chi connectivity index (χ0) is 16.4. The fourth-order valence-corrected chi connectivity index (χ4v) is 4.35. The minimum atomic E-state index is -0.0508. The van der Waals surface area contributed by atoms with Crippen LogP contribution < -0.4 is 10.1 Å². The van der Waals surface area contributed by atoms with Crippen LogP contribution in [0, 0.1) is 0 Å². The molecule has 0 radical (unpaired) electrons. The summed E-state index contributed by atoms with van der Waals surface area (Å²) in [6.45, 7) is 6.64. The van der Waals surface area contributed by atoms with Crippen molar-refractivity contribution in [1.82, 2.24) is 10.2 Å². The molecule has 4 nitrogen and oxygen atoms in total. The number of hydrogen-bond donors (Lipinski definition) is 1. The first-order valence-electron chi connectivity index (χ1n) is 8.00. The Morgan fingerprint density at radius 3 is 2.87 bits per heavy atom. The minimum absolute atomic E-state index is 0.0508. The van der Waals surface area contributed by atoms with Crippen molar-refractivity contribution >= 4 is 43.3 Å². The summed E-state index contributed by atoms with van der Waals surface area (Å²) in [7, 11) is 0. The zero-order valence-electron chi connectivity index (χ0n) is 13.4. The number of nitrogens with zero attached hydrogens (tertiary/aromatic N) is 1. The Hall–Kier alpha value is -1.11. The topological polar surface area (TPSA) is 41.6 Å². The van der Waals surface area contributed by atoms with Crippen LogP contribution >= 0.6 is 27.3 Å². The van der Waals surface area contributed by atoms with Crippen LogP contribution in [-0.2, 0) is 0 Å². The quantitative estimate of drug-likeness (QED) is 0.821. The summed E-state index contributed by atoms with van der Waals surface area (Å²) in [4.78, 5) is 15.7. The summed E-state index contributed by atoms with van der Waals surface area (Å²) in [5, 5.41) is 4.11. The van der Waals surface area contributed by atoms with Crippen molar-refractivity contribution in [3.8, 4) is 5.75 Å². The molecule has 1 aromatic heterocycles. The van der Waals surface area contributed by atoms with E-state index >= 15 is 0 Å². The van der Waals surface area contributed by atoms with Crippen molar-refractivity contribution in [2.24, 2.45) is 0 Å². The number of hydrogen-bond acceptors (Lipinski definition) is 4. The molecule has 3 rings (SSSR count). The molecule has 1 aliphatic heterocycles. The van der Waals surface area contributed by atoms with Gasteiger partial charge in [0.1, 0.15) is 4.88 Å². The molecule has 2 aromatic rings. The first-order valence-corrected chi connectivity index (χ1v) is 9.61. The summed E-state index contributed by atoms with van der Waals surface area (Å²) in [6.07, 6.45) is 2.47. The highest BCUT2D eigenvalue weighted by atomic mass is 79.9. The Labute approximate surface area is 148 Å². The number of nitrogens with one attached hydrogen (secondary N) is 1. The van der Waals surface area contributed by atoms with Crippen LogP contribution in [0.5, 0.6) is 5.75 Å². The number of benzene rings is 1. The normalized spacial score (nSPS) is 16.7. The number of amides is 1. The lowest BCUT2D eigenvalue weighted by Crippen LogP contribution is -2.44. The predicted octanol–water partition coefficient (Wildman–Crippen LogP) is 4.23.